The van der Waals surface area contributed by atoms with E-state index in [-0.39, 0.29) is 11.3 Å². The van der Waals surface area contributed by atoms with E-state index in [2.05, 4.69) is 50.0 Å². The summed E-state index contributed by atoms with van der Waals surface area (Å²) in [5.41, 5.74) is 2.69. The van der Waals surface area contributed by atoms with Crippen LogP contribution in [0.2, 0.25) is 0 Å². The van der Waals surface area contributed by atoms with E-state index in [9.17, 15) is 9.59 Å². The Hall–Kier alpha value is -1.84. The molecular formula is C31H46N2O2. The molecule has 1 aromatic carbocycles. The Kier molecular flexibility index (Phi) is 6.55. The molecule has 192 valence electrons. The Labute approximate surface area is 212 Å². The monoisotopic (exact) mass is 478 g/mol. The van der Waals surface area contributed by atoms with E-state index in [1.165, 1.54) is 44.1 Å². The molecular weight excluding hydrogens is 432 g/mol. The van der Waals surface area contributed by atoms with E-state index >= 15 is 0 Å². The molecule has 1 saturated heterocycles. The zero-order valence-electron chi connectivity index (χ0n) is 22.6. The average Bonchev–Trinajstić information content (AvgIpc) is 3.16. The number of hydrogen-bond acceptors (Lipinski definition) is 2. The maximum atomic E-state index is 12.9. The summed E-state index contributed by atoms with van der Waals surface area (Å²) < 4.78 is 0. The number of carbonyl (C=O) groups excluding carboxylic acids is 2. The molecule has 35 heavy (non-hydrogen) atoms. The number of hydrogen-bond donors (Lipinski definition) is 1. The lowest BCUT2D eigenvalue weighted by Crippen LogP contribution is -2.61. The number of carbonyl (C=O) groups is 2. The van der Waals surface area contributed by atoms with E-state index in [1.807, 2.05) is 19.2 Å². The average molecular weight is 479 g/mol. The zero-order valence-corrected chi connectivity index (χ0v) is 22.6. The van der Waals surface area contributed by atoms with Gasteiger partial charge in [0, 0.05) is 31.6 Å². The van der Waals surface area contributed by atoms with E-state index < -0.39 is 0 Å². The number of nitrogens with one attached hydrogen (secondary N) is 1. The highest BCUT2D eigenvalue weighted by Crippen LogP contribution is 2.66. The first kappa shape index (κ1) is 24.8. The normalized spacial score (nSPS) is 38.6. The third-order valence-corrected chi connectivity index (χ3v) is 11.1. The maximum absolute atomic E-state index is 12.9. The van der Waals surface area contributed by atoms with Crippen molar-refractivity contribution >= 4 is 11.8 Å². The van der Waals surface area contributed by atoms with Gasteiger partial charge in [0.1, 0.15) is 0 Å². The molecule has 1 N–H and O–H groups in total. The van der Waals surface area contributed by atoms with Crippen LogP contribution in [0.1, 0.15) is 95.0 Å². The van der Waals surface area contributed by atoms with Crippen molar-refractivity contribution in [2.24, 2.45) is 40.4 Å². The molecule has 4 aliphatic rings. The Bertz CT molecular complexity index is 955. The van der Waals surface area contributed by atoms with Crippen molar-refractivity contribution < 1.29 is 9.59 Å². The number of amides is 2. The Morgan fingerprint density at radius 3 is 2.43 bits per heavy atom. The van der Waals surface area contributed by atoms with Gasteiger partial charge in [-0.1, -0.05) is 39.8 Å². The fourth-order valence-electron chi connectivity index (χ4n) is 9.18. The van der Waals surface area contributed by atoms with Crippen LogP contribution in [0.3, 0.4) is 0 Å². The van der Waals surface area contributed by atoms with Crippen LogP contribution in [-0.4, -0.2) is 36.3 Å². The predicted octanol–water partition coefficient (Wildman–Crippen LogP) is 6.09. The van der Waals surface area contributed by atoms with Crippen molar-refractivity contribution in [3.8, 4) is 0 Å². The minimum absolute atomic E-state index is 0.0739. The van der Waals surface area contributed by atoms with Crippen molar-refractivity contribution in [3.05, 3.63) is 35.4 Å². The topological polar surface area (TPSA) is 49.4 Å². The first-order chi connectivity index (χ1) is 16.6. The molecule has 0 radical (unpaired) electrons. The molecule has 7 atom stereocenters. The minimum atomic E-state index is 0.0739. The van der Waals surface area contributed by atoms with Crippen LogP contribution in [0.5, 0.6) is 0 Å². The summed E-state index contributed by atoms with van der Waals surface area (Å²) in [4.78, 5) is 27.4. The summed E-state index contributed by atoms with van der Waals surface area (Å²) in [6.45, 7) is 10.3. The second-order valence-electron chi connectivity index (χ2n) is 13.3. The second kappa shape index (κ2) is 9.23. The number of likely N-dealkylation sites (tertiary alicyclic amines) is 1. The highest BCUT2D eigenvalue weighted by Gasteiger charge is 2.60. The van der Waals surface area contributed by atoms with Crippen LogP contribution in [0.4, 0.5) is 0 Å². The van der Waals surface area contributed by atoms with E-state index in [0.717, 1.165) is 49.1 Å². The summed E-state index contributed by atoms with van der Waals surface area (Å²) in [5.74, 6) is 3.90. The second-order valence-corrected chi connectivity index (χ2v) is 13.3. The van der Waals surface area contributed by atoms with Crippen molar-refractivity contribution in [1.29, 1.82) is 0 Å². The first-order valence-corrected chi connectivity index (χ1v) is 14.3. The molecule has 2 amide bonds. The standard InChI is InChI=1S/C31H46N2O2/c1-20(2)18-21-6-8-22(9-7-21)29(35)32-19-23-10-12-25-24-11-13-27-31(4,17-15-28(34)33(27)5)26(24)14-16-30(23,25)3/h6-9,20,23-27H,10-19H2,1-5H3,(H,32,35)/t23-,24+,25+,26+,27-,30-,31-/m1/s1. The lowest BCUT2D eigenvalue weighted by atomic mass is 9.47. The van der Waals surface area contributed by atoms with E-state index in [1.54, 1.807) is 0 Å². The molecule has 5 rings (SSSR count). The molecule has 0 bridgehead atoms. The summed E-state index contributed by atoms with van der Waals surface area (Å²) in [7, 11) is 2.05. The summed E-state index contributed by atoms with van der Waals surface area (Å²) >= 11 is 0. The fourth-order valence-corrected chi connectivity index (χ4v) is 9.18. The molecule has 4 heteroatoms. The molecule has 0 aromatic heterocycles. The molecule has 0 spiro atoms. The molecule has 0 unspecified atom stereocenters. The van der Waals surface area contributed by atoms with Crippen molar-refractivity contribution in [3.63, 3.8) is 0 Å². The highest BCUT2D eigenvalue weighted by atomic mass is 16.2. The Morgan fingerprint density at radius 1 is 1.00 bits per heavy atom. The number of nitrogens with zero attached hydrogens (tertiary/aromatic N) is 1. The molecule has 4 nitrogen and oxygen atoms in total. The van der Waals surface area contributed by atoms with Gasteiger partial charge in [0.2, 0.25) is 5.91 Å². The molecule has 3 aliphatic carbocycles. The Balaban J connectivity index is 1.23. The van der Waals surface area contributed by atoms with Gasteiger partial charge in [0.05, 0.1) is 0 Å². The summed E-state index contributed by atoms with van der Waals surface area (Å²) in [5, 5.41) is 3.31. The fraction of sp³-hybridized carbons (Fsp3) is 0.742. The van der Waals surface area contributed by atoms with Gasteiger partial charge >= 0.3 is 0 Å². The predicted molar refractivity (Wildman–Crippen MR) is 141 cm³/mol. The lowest BCUT2D eigenvalue weighted by Gasteiger charge is -2.61. The van der Waals surface area contributed by atoms with Gasteiger partial charge in [0.15, 0.2) is 0 Å². The van der Waals surface area contributed by atoms with Gasteiger partial charge in [-0.15, -0.1) is 0 Å². The number of benzene rings is 1. The molecule has 1 aliphatic heterocycles. The van der Waals surface area contributed by atoms with Crippen LogP contribution in [-0.2, 0) is 11.2 Å². The quantitative estimate of drug-likeness (QED) is 0.556. The maximum Gasteiger partial charge on any atom is 0.251 e. The lowest BCUT2D eigenvalue weighted by molar-refractivity contribution is -0.158. The number of piperidine rings is 1. The SMILES string of the molecule is CC(C)Cc1ccc(C(=O)NC[C@H]2CC[C@H]3[C@@H]4CC[C@H]5N(C)C(=O)CC[C@]5(C)[C@H]4CC[C@]23C)cc1. The molecule has 4 fully saturated rings. The summed E-state index contributed by atoms with van der Waals surface area (Å²) in [6, 6.07) is 8.62. The van der Waals surface area contributed by atoms with Gasteiger partial charge in [-0.05, 0) is 109 Å². The number of rotatable bonds is 5. The van der Waals surface area contributed by atoms with Crippen molar-refractivity contribution in [2.75, 3.05) is 13.6 Å². The van der Waals surface area contributed by atoms with Crippen LogP contribution >= 0.6 is 0 Å². The molecule has 1 heterocycles. The zero-order chi connectivity index (χ0) is 25.0. The van der Waals surface area contributed by atoms with Gasteiger partial charge in [0.25, 0.3) is 5.91 Å². The van der Waals surface area contributed by atoms with Gasteiger partial charge < -0.3 is 10.2 Å². The largest absolute Gasteiger partial charge is 0.352 e. The van der Waals surface area contributed by atoms with Gasteiger partial charge in [-0.2, -0.15) is 0 Å². The van der Waals surface area contributed by atoms with Crippen molar-refractivity contribution in [2.45, 2.75) is 91.5 Å². The van der Waals surface area contributed by atoms with Gasteiger partial charge in [-0.25, -0.2) is 0 Å². The van der Waals surface area contributed by atoms with Crippen LogP contribution < -0.4 is 5.32 Å². The van der Waals surface area contributed by atoms with E-state index in [0.29, 0.717) is 29.2 Å². The summed E-state index contributed by atoms with van der Waals surface area (Å²) in [6.07, 6.45) is 10.4. The van der Waals surface area contributed by atoms with Crippen LogP contribution in [0.15, 0.2) is 24.3 Å². The van der Waals surface area contributed by atoms with Crippen LogP contribution in [0.25, 0.3) is 0 Å². The third-order valence-electron chi connectivity index (χ3n) is 11.1. The Morgan fingerprint density at radius 2 is 1.71 bits per heavy atom. The molecule has 3 saturated carbocycles. The minimum Gasteiger partial charge on any atom is -0.352 e. The third kappa shape index (κ3) is 4.23. The number of fused-ring (bicyclic) bond motifs is 5. The first-order valence-electron chi connectivity index (χ1n) is 14.3. The molecule has 1 aromatic rings. The van der Waals surface area contributed by atoms with Crippen molar-refractivity contribution in [1.82, 2.24) is 10.2 Å². The van der Waals surface area contributed by atoms with Gasteiger partial charge in [-0.3, -0.25) is 9.59 Å². The van der Waals surface area contributed by atoms with Crippen LogP contribution in [0, 0.1) is 40.4 Å². The smallest absolute Gasteiger partial charge is 0.251 e. The van der Waals surface area contributed by atoms with E-state index in [4.69, 9.17) is 0 Å². The highest BCUT2D eigenvalue weighted by molar-refractivity contribution is 5.94.